The van der Waals surface area contributed by atoms with E-state index in [9.17, 15) is 0 Å². The predicted molar refractivity (Wildman–Crippen MR) is 71.6 cm³/mol. The number of aromatic nitrogens is 4. The van der Waals surface area contributed by atoms with Crippen LogP contribution in [-0.4, -0.2) is 26.5 Å². The van der Waals surface area contributed by atoms with Crippen LogP contribution >= 0.6 is 11.3 Å². The molecule has 0 fully saturated rings. The lowest BCUT2D eigenvalue weighted by Gasteiger charge is -2.04. The minimum Gasteiger partial charge on any atom is -0.370 e. The molecule has 18 heavy (non-hydrogen) atoms. The summed E-state index contributed by atoms with van der Waals surface area (Å²) < 4.78 is 0. The molecule has 90 valence electrons. The summed E-state index contributed by atoms with van der Waals surface area (Å²) in [7, 11) is 0. The van der Waals surface area contributed by atoms with Crippen LogP contribution in [0.2, 0.25) is 0 Å². The zero-order chi connectivity index (χ0) is 12.2. The molecule has 0 bridgehead atoms. The quantitative estimate of drug-likeness (QED) is 0.775. The molecule has 0 amide bonds. The molecule has 0 saturated carbocycles. The Morgan fingerprint density at radius 1 is 1.11 bits per heavy atom. The SMILES string of the molecule is c1cnc2nc(NCCc3cscn3)ccc2n1. The first-order valence-electron chi connectivity index (χ1n) is 5.60. The van der Waals surface area contributed by atoms with Crippen LogP contribution in [0.3, 0.4) is 0 Å². The van der Waals surface area contributed by atoms with Gasteiger partial charge in [0, 0.05) is 30.7 Å². The fraction of sp³-hybridized carbons (Fsp3) is 0.167. The van der Waals surface area contributed by atoms with Crippen LogP contribution in [0.1, 0.15) is 5.69 Å². The second kappa shape index (κ2) is 5.05. The Labute approximate surface area is 108 Å². The van der Waals surface area contributed by atoms with Crippen LogP contribution in [0.4, 0.5) is 5.82 Å². The molecule has 3 aromatic heterocycles. The average Bonchev–Trinajstić information content (AvgIpc) is 2.92. The zero-order valence-electron chi connectivity index (χ0n) is 9.58. The first-order valence-corrected chi connectivity index (χ1v) is 6.55. The molecule has 0 unspecified atom stereocenters. The van der Waals surface area contributed by atoms with Crippen molar-refractivity contribution in [3.8, 4) is 0 Å². The van der Waals surface area contributed by atoms with Crippen LogP contribution in [0.15, 0.2) is 35.4 Å². The standard InChI is InChI=1S/C12H11N5S/c1-2-11(14-4-3-9-7-18-8-16-9)17-12-10(1)13-5-6-15-12/h1-2,5-8H,3-4H2,(H,14,15,17). The maximum absolute atomic E-state index is 4.39. The molecule has 0 aliphatic carbocycles. The summed E-state index contributed by atoms with van der Waals surface area (Å²) in [4.78, 5) is 17.0. The number of rotatable bonds is 4. The molecule has 0 aliphatic heterocycles. The van der Waals surface area contributed by atoms with Crippen molar-refractivity contribution < 1.29 is 0 Å². The van der Waals surface area contributed by atoms with E-state index >= 15 is 0 Å². The van der Waals surface area contributed by atoms with E-state index in [2.05, 4.69) is 30.6 Å². The lowest BCUT2D eigenvalue weighted by atomic mass is 10.3. The van der Waals surface area contributed by atoms with Gasteiger partial charge in [0.1, 0.15) is 11.3 Å². The van der Waals surface area contributed by atoms with Gasteiger partial charge in [0.25, 0.3) is 0 Å². The van der Waals surface area contributed by atoms with Crippen molar-refractivity contribution in [2.24, 2.45) is 0 Å². The predicted octanol–water partition coefficient (Wildman–Crippen LogP) is 2.14. The molecule has 3 aromatic rings. The second-order valence-electron chi connectivity index (χ2n) is 3.75. The van der Waals surface area contributed by atoms with E-state index in [0.29, 0.717) is 5.65 Å². The summed E-state index contributed by atoms with van der Waals surface area (Å²) in [6.07, 6.45) is 4.21. The van der Waals surface area contributed by atoms with Crippen LogP contribution in [0.25, 0.3) is 11.2 Å². The van der Waals surface area contributed by atoms with Gasteiger partial charge in [0.2, 0.25) is 0 Å². The van der Waals surface area contributed by atoms with Gasteiger partial charge in [-0.1, -0.05) is 0 Å². The topological polar surface area (TPSA) is 63.6 Å². The highest BCUT2D eigenvalue weighted by atomic mass is 32.1. The van der Waals surface area contributed by atoms with Gasteiger partial charge in [-0.2, -0.15) is 0 Å². The van der Waals surface area contributed by atoms with E-state index in [1.807, 2.05) is 17.6 Å². The number of hydrogen-bond acceptors (Lipinski definition) is 6. The fourth-order valence-corrected chi connectivity index (χ4v) is 2.23. The number of thiazole rings is 1. The van der Waals surface area contributed by atoms with Gasteiger partial charge in [-0.15, -0.1) is 11.3 Å². The van der Waals surface area contributed by atoms with Crippen molar-refractivity contribution in [1.82, 2.24) is 19.9 Å². The maximum Gasteiger partial charge on any atom is 0.180 e. The Morgan fingerprint density at radius 3 is 2.94 bits per heavy atom. The Balaban J connectivity index is 1.67. The van der Waals surface area contributed by atoms with Gasteiger partial charge in [-0.05, 0) is 12.1 Å². The van der Waals surface area contributed by atoms with Crippen LogP contribution in [-0.2, 0) is 6.42 Å². The molecule has 3 rings (SSSR count). The molecule has 5 nitrogen and oxygen atoms in total. The number of anilines is 1. The number of nitrogens with zero attached hydrogens (tertiary/aromatic N) is 4. The maximum atomic E-state index is 4.39. The lowest BCUT2D eigenvalue weighted by molar-refractivity contribution is 0.969. The normalized spacial score (nSPS) is 10.7. The first kappa shape index (κ1) is 11.0. The van der Waals surface area contributed by atoms with Crippen molar-refractivity contribution in [1.29, 1.82) is 0 Å². The van der Waals surface area contributed by atoms with Crippen molar-refractivity contribution >= 4 is 28.3 Å². The Hall–Kier alpha value is -2.08. The average molecular weight is 257 g/mol. The molecule has 0 radical (unpaired) electrons. The van der Waals surface area contributed by atoms with E-state index in [1.165, 1.54) is 0 Å². The highest BCUT2D eigenvalue weighted by molar-refractivity contribution is 7.07. The number of fused-ring (bicyclic) bond motifs is 1. The van der Waals surface area contributed by atoms with Gasteiger partial charge in [-0.25, -0.2) is 15.0 Å². The molecule has 0 spiro atoms. The number of nitrogens with one attached hydrogen (secondary N) is 1. The fourth-order valence-electron chi connectivity index (χ4n) is 1.63. The summed E-state index contributed by atoms with van der Waals surface area (Å²) in [5.41, 5.74) is 4.42. The van der Waals surface area contributed by atoms with Gasteiger partial charge < -0.3 is 5.32 Å². The molecule has 0 atom stereocenters. The summed E-state index contributed by atoms with van der Waals surface area (Å²) >= 11 is 1.61. The Bertz CT molecular complexity index is 638. The van der Waals surface area contributed by atoms with Gasteiger partial charge >= 0.3 is 0 Å². The third-order valence-corrected chi connectivity index (χ3v) is 3.14. The van der Waals surface area contributed by atoms with Gasteiger partial charge in [0.15, 0.2) is 5.65 Å². The second-order valence-corrected chi connectivity index (χ2v) is 4.47. The van der Waals surface area contributed by atoms with Gasteiger partial charge in [-0.3, -0.25) is 4.98 Å². The summed E-state index contributed by atoms with van der Waals surface area (Å²) in [5.74, 6) is 0.818. The monoisotopic (exact) mass is 257 g/mol. The largest absolute Gasteiger partial charge is 0.370 e. The van der Waals surface area contributed by atoms with Crippen molar-refractivity contribution in [2.45, 2.75) is 6.42 Å². The minimum atomic E-state index is 0.663. The summed E-state index contributed by atoms with van der Waals surface area (Å²) in [6, 6.07) is 3.83. The van der Waals surface area contributed by atoms with E-state index in [4.69, 9.17) is 0 Å². The summed E-state index contributed by atoms with van der Waals surface area (Å²) in [6.45, 7) is 0.808. The molecule has 3 heterocycles. The Morgan fingerprint density at radius 2 is 2.06 bits per heavy atom. The third-order valence-electron chi connectivity index (χ3n) is 2.50. The third kappa shape index (κ3) is 2.43. The van der Waals surface area contributed by atoms with E-state index in [0.717, 1.165) is 30.0 Å². The molecule has 1 N–H and O–H groups in total. The van der Waals surface area contributed by atoms with E-state index in [-0.39, 0.29) is 0 Å². The Kier molecular flexibility index (Phi) is 3.10. The molecule has 0 aromatic carbocycles. The van der Waals surface area contributed by atoms with E-state index < -0.39 is 0 Å². The van der Waals surface area contributed by atoms with E-state index in [1.54, 1.807) is 23.7 Å². The molecule has 0 saturated heterocycles. The minimum absolute atomic E-state index is 0.663. The van der Waals surface area contributed by atoms with Crippen LogP contribution in [0, 0.1) is 0 Å². The lowest BCUT2D eigenvalue weighted by Crippen LogP contribution is -2.06. The number of hydrogen-bond donors (Lipinski definition) is 1. The smallest absolute Gasteiger partial charge is 0.180 e. The molecule has 6 heteroatoms. The number of pyridine rings is 1. The zero-order valence-corrected chi connectivity index (χ0v) is 10.4. The molecular formula is C12H11N5S. The van der Waals surface area contributed by atoms with Crippen molar-refractivity contribution in [2.75, 3.05) is 11.9 Å². The van der Waals surface area contributed by atoms with Crippen LogP contribution < -0.4 is 5.32 Å². The van der Waals surface area contributed by atoms with Crippen LogP contribution in [0.5, 0.6) is 0 Å². The van der Waals surface area contributed by atoms with Crippen molar-refractivity contribution in [3.05, 3.63) is 41.1 Å². The van der Waals surface area contributed by atoms with Gasteiger partial charge in [0.05, 0.1) is 11.2 Å². The highest BCUT2D eigenvalue weighted by Crippen LogP contribution is 2.10. The highest BCUT2D eigenvalue weighted by Gasteiger charge is 2.00. The van der Waals surface area contributed by atoms with Crippen molar-refractivity contribution in [3.63, 3.8) is 0 Å². The molecule has 0 aliphatic rings. The summed E-state index contributed by atoms with van der Waals surface area (Å²) in [5, 5.41) is 5.32. The first-order chi connectivity index (χ1) is 8.92. The molecular weight excluding hydrogens is 246 g/mol.